The van der Waals surface area contributed by atoms with Crippen molar-refractivity contribution in [2.45, 2.75) is 26.4 Å². The highest BCUT2D eigenvalue weighted by Gasteiger charge is 2.21. The van der Waals surface area contributed by atoms with Gasteiger partial charge in [-0.3, -0.25) is 9.48 Å². The minimum Gasteiger partial charge on any atom is -0.353 e. The van der Waals surface area contributed by atoms with Crippen LogP contribution in [0.25, 0.3) is 22.3 Å². The molecular weight excluding hydrogens is 426 g/mol. The molecule has 0 aliphatic carbocycles. The predicted molar refractivity (Wildman–Crippen MR) is 113 cm³/mol. The number of rotatable bonds is 7. The Hall–Kier alpha value is -3.33. The lowest BCUT2D eigenvalue weighted by molar-refractivity contribution is -0.121. The summed E-state index contributed by atoms with van der Waals surface area (Å²) in [6.07, 6.45) is 0.469. The molecule has 10 heteroatoms. The standard InChI is InChI=1S/C21H19ClF2N6O/c1-13-19-16(20(23)24)9-17(14-5-3-2-4-6-14)27-21(19)30(28-13)12-18(31)25-7-8-29-11-15(22)10-26-29/h2-6,9-11,20H,7-8,12H2,1H3,(H,25,31). The molecule has 4 aromatic rings. The molecule has 1 amide bonds. The molecule has 160 valence electrons. The number of nitrogens with one attached hydrogen (secondary N) is 1. The summed E-state index contributed by atoms with van der Waals surface area (Å²) in [5.41, 5.74) is 1.61. The van der Waals surface area contributed by atoms with Gasteiger partial charge in [-0.15, -0.1) is 0 Å². The van der Waals surface area contributed by atoms with Crippen LogP contribution in [0.5, 0.6) is 0 Å². The number of hydrogen-bond acceptors (Lipinski definition) is 4. The molecule has 0 aliphatic heterocycles. The Labute approximate surface area is 181 Å². The fourth-order valence-corrected chi connectivity index (χ4v) is 3.54. The Bertz CT molecular complexity index is 1220. The van der Waals surface area contributed by atoms with Crippen molar-refractivity contribution < 1.29 is 13.6 Å². The zero-order valence-corrected chi connectivity index (χ0v) is 17.4. The van der Waals surface area contributed by atoms with Gasteiger partial charge in [0.05, 0.1) is 34.5 Å². The van der Waals surface area contributed by atoms with E-state index in [-0.39, 0.29) is 29.0 Å². The van der Waals surface area contributed by atoms with Gasteiger partial charge in [-0.2, -0.15) is 10.2 Å². The van der Waals surface area contributed by atoms with E-state index >= 15 is 0 Å². The molecule has 0 saturated heterocycles. The van der Waals surface area contributed by atoms with Gasteiger partial charge in [0.2, 0.25) is 5.91 Å². The van der Waals surface area contributed by atoms with Gasteiger partial charge < -0.3 is 5.32 Å². The van der Waals surface area contributed by atoms with E-state index in [9.17, 15) is 13.6 Å². The Morgan fingerprint density at radius 1 is 1.26 bits per heavy atom. The lowest BCUT2D eigenvalue weighted by Crippen LogP contribution is -2.31. The average Bonchev–Trinajstić information content (AvgIpc) is 3.30. The maximum atomic E-state index is 13.8. The second-order valence-electron chi connectivity index (χ2n) is 6.98. The van der Waals surface area contributed by atoms with E-state index in [0.717, 1.165) is 0 Å². The van der Waals surface area contributed by atoms with Crippen molar-refractivity contribution in [3.8, 4) is 11.3 Å². The molecule has 0 saturated carbocycles. The zero-order valence-electron chi connectivity index (χ0n) is 16.6. The molecule has 1 N–H and O–H groups in total. The number of pyridine rings is 1. The number of alkyl halides is 2. The quantitative estimate of drug-likeness (QED) is 0.467. The van der Waals surface area contributed by atoms with Crippen LogP contribution in [0.3, 0.4) is 0 Å². The first-order valence-corrected chi connectivity index (χ1v) is 9.96. The number of carbonyl (C=O) groups is 1. The van der Waals surface area contributed by atoms with E-state index < -0.39 is 6.43 Å². The van der Waals surface area contributed by atoms with Crippen LogP contribution in [0, 0.1) is 6.92 Å². The molecule has 0 aliphatic rings. The summed E-state index contributed by atoms with van der Waals surface area (Å²) < 4.78 is 30.6. The third-order valence-electron chi connectivity index (χ3n) is 4.77. The van der Waals surface area contributed by atoms with Crippen molar-refractivity contribution in [2.75, 3.05) is 6.54 Å². The molecule has 7 nitrogen and oxygen atoms in total. The minimum atomic E-state index is -2.70. The Balaban J connectivity index is 1.60. The Morgan fingerprint density at radius 3 is 2.71 bits per heavy atom. The molecule has 0 radical (unpaired) electrons. The number of aryl methyl sites for hydroxylation is 1. The topological polar surface area (TPSA) is 77.6 Å². The van der Waals surface area contributed by atoms with Crippen LogP contribution in [0.4, 0.5) is 8.78 Å². The summed E-state index contributed by atoms with van der Waals surface area (Å²) in [5, 5.41) is 11.9. The van der Waals surface area contributed by atoms with Gasteiger partial charge in [-0.1, -0.05) is 41.9 Å². The van der Waals surface area contributed by atoms with Crippen LogP contribution in [-0.2, 0) is 17.9 Å². The number of benzene rings is 1. The van der Waals surface area contributed by atoms with Crippen molar-refractivity contribution in [1.29, 1.82) is 0 Å². The number of nitrogens with zero attached hydrogens (tertiary/aromatic N) is 5. The molecule has 4 rings (SSSR count). The van der Waals surface area contributed by atoms with Crippen LogP contribution < -0.4 is 5.32 Å². The summed E-state index contributed by atoms with van der Waals surface area (Å²) >= 11 is 5.82. The SMILES string of the molecule is Cc1nn(CC(=O)NCCn2cc(Cl)cn2)c2nc(-c3ccccc3)cc(C(F)F)c12. The maximum absolute atomic E-state index is 13.8. The summed E-state index contributed by atoms with van der Waals surface area (Å²) in [4.78, 5) is 17.0. The highest BCUT2D eigenvalue weighted by atomic mass is 35.5. The van der Waals surface area contributed by atoms with Crippen LogP contribution in [0.2, 0.25) is 5.02 Å². The number of carbonyl (C=O) groups excluding carboxylic acids is 1. The van der Waals surface area contributed by atoms with Gasteiger partial charge in [-0.25, -0.2) is 18.4 Å². The lowest BCUT2D eigenvalue weighted by Gasteiger charge is -2.09. The summed E-state index contributed by atoms with van der Waals surface area (Å²) in [6, 6.07) is 10.4. The van der Waals surface area contributed by atoms with Gasteiger partial charge in [0, 0.05) is 23.9 Å². The second kappa shape index (κ2) is 8.81. The highest BCUT2D eigenvalue weighted by Crippen LogP contribution is 2.32. The molecule has 3 heterocycles. The summed E-state index contributed by atoms with van der Waals surface area (Å²) in [7, 11) is 0. The minimum absolute atomic E-state index is 0.141. The summed E-state index contributed by atoms with van der Waals surface area (Å²) in [6.45, 7) is 2.27. The van der Waals surface area contributed by atoms with Gasteiger partial charge in [-0.05, 0) is 13.0 Å². The van der Waals surface area contributed by atoms with E-state index in [2.05, 4.69) is 20.5 Å². The molecule has 0 atom stereocenters. The number of halogens is 3. The highest BCUT2D eigenvalue weighted by molar-refractivity contribution is 6.30. The number of fused-ring (bicyclic) bond motifs is 1. The predicted octanol–water partition coefficient (Wildman–Crippen LogP) is 4.01. The maximum Gasteiger partial charge on any atom is 0.264 e. The first-order valence-electron chi connectivity index (χ1n) is 9.58. The fraction of sp³-hybridized carbons (Fsp3) is 0.238. The Kier molecular flexibility index (Phi) is 5.94. The monoisotopic (exact) mass is 444 g/mol. The van der Waals surface area contributed by atoms with E-state index in [1.165, 1.54) is 16.9 Å². The van der Waals surface area contributed by atoms with Crippen LogP contribution in [0.1, 0.15) is 17.7 Å². The molecule has 0 bridgehead atoms. The van der Waals surface area contributed by atoms with Crippen molar-refractivity contribution >= 4 is 28.5 Å². The zero-order chi connectivity index (χ0) is 22.0. The molecule has 0 spiro atoms. The van der Waals surface area contributed by atoms with Crippen LogP contribution >= 0.6 is 11.6 Å². The third kappa shape index (κ3) is 4.56. The lowest BCUT2D eigenvalue weighted by atomic mass is 10.1. The van der Waals surface area contributed by atoms with Crippen molar-refractivity contribution in [3.63, 3.8) is 0 Å². The first-order chi connectivity index (χ1) is 14.9. The fourth-order valence-electron chi connectivity index (χ4n) is 3.39. The summed E-state index contributed by atoms with van der Waals surface area (Å²) in [5.74, 6) is -0.312. The molecule has 31 heavy (non-hydrogen) atoms. The van der Waals surface area contributed by atoms with E-state index in [0.29, 0.717) is 35.1 Å². The van der Waals surface area contributed by atoms with Gasteiger partial charge in [0.15, 0.2) is 5.65 Å². The number of hydrogen-bond donors (Lipinski definition) is 1. The van der Waals surface area contributed by atoms with Crippen LogP contribution in [0.15, 0.2) is 48.8 Å². The number of aromatic nitrogens is 5. The van der Waals surface area contributed by atoms with E-state index in [4.69, 9.17) is 11.6 Å². The molecular formula is C21H19ClF2N6O. The van der Waals surface area contributed by atoms with Crippen LogP contribution in [-0.4, -0.2) is 37.0 Å². The molecule has 0 fully saturated rings. The van der Waals surface area contributed by atoms with Crippen molar-refractivity contribution in [2.24, 2.45) is 0 Å². The molecule has 1 aromatic carbocycles. The Morgan fingerprint density at radius 2 is 2.03 bits per heavy atom. The largest absolute Gasteiger partial charge is 0.353 e. The number of amides is 1. The smallest absolute Gasteiger partial charge is 0.264 e. The van der Waals surface area contributed by atoms with Gasteiger partial charge >= 0.3 is 0 Å². The molecule has 0 unspecified atom stereocenters. The molecule has 3 aromatic heterocycles. The normalized spacial score (nSPS) is 11.4. The van der Waals surface area contributed by atoms with Gasteiger partial charge in [0.1, 0.15) is 6.54 Å². The van der Waals surface area contributed by atoms with Crippen molar-refractivity contribution in [3.05, 3.63) is 65.1 Å². The van der Waals surface area contributed by atoms with Gasteiger partial charge in [0.25, 0.3) is 6.43 Å². The first kappa shape index (κ1) is 20.9. The van der Waals surface area contributed by atoms with Crippen molar-refractivity contribution in [1.82, 2.24) is 29.9 Å². The van der Waals surface area contributed by atoms with E-state index in [1.54, 1.807) is 29.9 Å². The second-order valence-corrected chi connectivity index (χ2v) is 7.41. The average molecular weight is 445 g/mol. The third-order valence-corrected chi connectivity index (χ3v) is 4.97. The van der Waals surface area contributed by atoms with E-state index in [1.807, 2.05) is 18.2 Å².